The number of ether oxygens (including phenoxy) is 1. The van der Waals surface area contributed by atoms with E-state index in [-0.39, 0.29) is 11.9 Å². The number of morpholine rings is 1. The van der Waals surface area contributed by atoms with Crippen LogP contribution < -0.4 is 10.2 Å². The molecule has 0 saturated carbocycles. The van der Waals surface area contributed by atoms with E-state index in [0.717, 1.165) is 52.2 Å². The molecule has 2 fully saturated rings. The predicted molar refractivity (Wildman–Crippen MR) is 134 cm³/mol. The van der Waals surface area contributed by atoms with Crippen LogP contribution in [0.25, 0.3) is 0 Å². The lowest BCUT2D eigenvalue weighted by Gasteiger charge is -2.37. The van der Waals surface area contributed by atoms with Gasteiger partial charge in [0.2, 0.25) is 5.91 Å². The summed E-state index contributed by atoms with van der Waals surface area (Å²) in [6, 6.07) is 19.4. The minimum absolute atomic E-state index is 0.220. The smallest absolute Gasteiger partial charge is 0.240 e. The van der Waals surface area contributed by atoms with Gasteiger partial charge in [-0.15, -0.1) is 0 Å². The van der Waals surface area contributed by atoms with Crippen LogP contribution in [0.5, 0.6) is 0 Å². The van der Waals surface area contributed by atoms with Crippen LogP contribution in [0, 0.1) is 0 Å². The lowest BCUT2D eigenvalue weighted by Crippen LogP contribution is -2.52. The molecule has 6 heteroatoms. The maximum atomic E-state index is 13.5. The molecule has 2 aromatic carbocycles. The Morgan fingerprint density at radius 3 is 2.27 bits per heavy atom. The number of hydrogen-bond acceptors (Lipinski definition) is 5. The van der Waals surface area contributed by atoms with Crippen LogP contribution in [0.4, 0.5) is 5.69 Å². The van der Waals surface area contributed by atoms with Crippen molar-refractivity contribution in [2.45, 2.75) is 37.9 Å². The van der Waals surface area contributed by atoms with Crippen LogP contribution in [0.3, 0.4) is 0 Å². The van der Waals surface area contributed by atoms with Gasteiger partial charge in [0.15, 0.2) is 0 Å². The van der Waals surface area contributed by atoms with E-state index in [0.29, 0.717) is 19.0 Å². The summed E-state index contributed by atoms with van der Waals surface area (Å²) in [6.45, 7) is 5.81. The first-order valence-electron chi connectivity index (χ1n) is 12.2. The molecule has 33 heavy (non-hydrogen) atoms. The summed E-state index contributed by atoms with van der Waals surface area (Å²) in [4.78, 5) is 20.2. The van der Waals surface area contributed by atoms with Gasteiger partial charge < -0.3 is 24.8 Å². The van der Waals surface area contributed by atoms with Crippen molar-refractivity contribution < 1.29 is 9.53 Å². The first-order chi connectivity index (χ1) is 16.1. The van der Waals surface area contributed by atoms with E-state index in [2.05, 4.69) is 70.5 Å². The van der Waals surface area contributed by atoms with Crippen molar-refractivity contribution in [3.8, 4) is 0 Å². The number of rotatable bonds is 8. The molecule has 2 saturated heterocycles. The molecular weight excluding hydrogens is 412 g/mol. The van der Waals surface area contributed by atoms with Crippen molar-refractivity contribution in [3.05, 3.63) is 65.7 Å². The Kier molecular flexibility index (Phi) is 8.37. The molecule has 1 unspecified atom stereocenters. The van der Waals surface area contributed by atoms with Gasteiger partial charge in [-0.3, -0.25) is 4.79 Å². The van der Waals surface area contributed by atoms with Crippen molar-refractivity contribution in [2.24, 2.45) is 0 Å². The molecule has 0 aromatic heterocycles. The highest BCUT2D eigenvalue weighted by atomic mass is 16.5. The van der Waals surface area contributed by atoms with Crippen molar-refractivity contribution in [1.29, 1.82) is 0 Å². The van der Waals surface area contributed by atoms with Gasteiger partial charge in [0.25, 0.3) is 0 Å². The van der Waals surface area contributed by atoms with Gasteiger partial charge in [0.1, 0.15) is 0 Å². The van der Waals surface area contributed by atoms with Gasteiger partial charge in [-0.1, -0.05) is 42.5 Å². The minimum Gasteiger partial charge on any atom is -0.378 e. The standard InChI is InChI=1S/C27H38N4O2/c1-29(2)24-12-14-31(15-13-24)27(32)26(20-22-6-4-3-5-7-22)28-21-23-8-10-25(11-9-23)30-16-18-33-19-17-30/h3-11,24,26,28H,12-21H2,1-2H3. The third kappa shape index (κ3) is 6.56. The number of likely N-dealkylation sites (tertiary alicyclic amines) is 1. The van der Waals surface area contributed by atoms with Crippen LogP contribution in [-0.4, -0.2) is 81.3 Å². The Morgan fingerprint density at radius 1 is 0.970 bits per heavy atom. The Hall–Kier alpha value is -2.41. The minimum atomic E-state index is -0.220. The second-order valence-electron chi connectivity index (χ2n) is 9.41. The molecule has 2 aromatic rings. The van der Waals surface area contributed by atoms with E-state index in [1.807, 2.05) is 18.2 Å². The van der Waals surface area contributed by atoms with Gasteiger partial charge >= 0.3 is 0 Å². The molecule has 2 aliphatic rings. The highest BCUT2D eigenvalue weighted by Crippen LogP contribution is 2.18. The van der Waals surface area contributed by atoms with E-state index in [9.17, 15) is 4.79 Å². The first kappa shape index (κ1) is 23.7. The zero-order valence-corrected chi connectivity index (χ0v) is 20.1. The summed E-state index contributed by atoms with van der Waals surface area (Å²) < 4.78 is 5.46. The molecule has 6 nitrogen and oxygen atoms in total. The fourth-order valence-electron chi connectivity index (χ4n) is 4.81. The summed E-state index contributed by atoms with van der Waals surface area (Å²) in [7, 11) is 4.26. The van der Waals surface area contributed by atoms with Crippen LogP contribution >= 0.6 is 0 Å². The van der Waals surface area contributed by atoms with Gasteiger partial charge in [-0.25, -0.2) is 0 Å². The number of amides is 1. The highest BCUT2D eigenvalue weighted by Gasteiger charge is 2.29. The monoisotopic (exact) mass is 450 g/mol. The van der Waals surface area contributed by atoms with Crippen LogP contribution in [0.1, 0.15) is 24.0 Å². The Bertz CT molecular complexity index is 857. The van der Waals surface area contributed by atoms with Crippen LogP contribution in [-0.2, 0) is 22.5 Å². The number of piperidine rings is 1. The lowest BCUT2D eigenvalue weighted by molar-refractivity contribution is -0.135. The van der Waals surface area contributed by atoms with Crippen molar-refractivity contribution in [3.63, 3.8) is 0 Å². The van der Waals surface area contributed by atoms with E-state index in [1.54, 1.807) is 0 Å². The topological polar surface area (TPSA) is 48.0 Å². The zero-order chi connectivity index (χ0) is 23.0. The molecule has 178 valence electrons. The average molecular weight is 451 g/mol. The van der Waals surface area contributed by atoms with Crippen LogP contribution in [0.15, 0.2) is 54.6 Å². The number of nitrogens with zero attached hydrogens (tertiary/aromatic N) is 3. The fraction of sp³-hybridized carbons (Fsp3) is 0.519. The normalized spacial score (nSPS) is 18.5. The number of carbonyl (C=O) groups excluding carboxylic acids is 1. The highest BCUT2D eigenvalue weighted by molar-refractivity contribution is 5.82. The molecule has 1 amide bonds. The van der Waals surface area contributed by atoms with Crippen molar-refractivity contribution >= 4 is 11.6 Å². The molecule has 0 spiro atoms. The van der Waals surface area contributed by atoms with Gasteiger partial charge in [-0.05, 0) is 56.6 Å². The third-order valence-electron chi connectivity index (χ3n) is 6.95. The predicted octanol–water partition coefficient (Wildman–Crippen LogP) is 2.78. The van der Waals surface area contributed by atoms with Crippen molar-refractivity contribution in [1.82, 2.24) is 15.1 Å². The Morgan fingerprint density at radius 2 is 1.64 bits per heavy atom. The lowest BCUT2D eigenvalue weighted by atomic mass is 10.0. The summed E-state index contributed by atoms with van der Waals surface area (Å²) in [6.07, 6.45) is 2.79. The summed E-state index contributed by atoms with van der Waals surface area (Å²) >= 11 is 0. The first-order valence-corrected chi connectivity index (χ1v) is 12.2. The van der Waals surface area contributed by atoms with E-state index >= 15 is 0 Å². The van der Waals surface area contributed by atoms with E-state index in [4.69, 9.17) is 4.74 Å². The zero-order valence-electron chi connectivity index (χ0n) is 20.1. The summed E-state index contributed by atoms with van der Waals surface area (Å²) in [5.74, 6) is 0.223. The van der Waals surface area contributed by atoms with Crippen molar-refractivity contribution in [2.75, 3.05) is 58.4 Å². The second-order valence-corrected chi connectivity index (χ2v) is 9.41. The summed E-state index contributed by atoms with van der Waals surface area (Å²) in [5.41, 5.74) is 3.63. The Labute approximate surface area is 198 Å². The number of nitrogens with one attached hydrogen (secondary N) is 1. The molecule has 0 radical (unpaired) electrons. The molecule has 1 atom stereocenters. The number of hydrogen-bond donors (Lipinski definition) is 1. The third-order valence-corrected chi connectivity index (χ3v) is 6.95. The molecule has 4 rings (SSSR count). The molecule has 1 N–H and O–H groups in total. The quantitative estimate of drug-likeness (QED) is 0.670. The molecule has 0 bridgehead atoms. The van der Waals surface area contributed by atoms with E-state index < -0.39 is 0 Å². The maximum Gasteiger partial charge on any atom is 0.240 e. The second kappa shape index (κ2) is 11.6. The van der Waals surface area contributed by atoms with Gasteiger partial charge in [0, 0.05) is 44.5 Å². The number of carbonyl (C=O) groups is 1. The average Bonchev–Trinajstić information content (AvgIpc) is 2.87. The molecule has 0 aliphatic carbocycles. The fourth-order valence-corrected chi connectivity index (χ4v) is 4.81. The Balaban J connectivity index is 1.39. The molecular formula is C27H38N4O2. The number of anilines is 1. The molecule has 2 heterocycles. The largest absolute Gasteiger partial charge is 0.378 e. The summed E-state index contributed by atoms with van der Waals surface area (Å²) in [5, 5.41) is 3.58. The van der Waals surface area contributed by atoms with E-state index in [1.165, 1.54) is 16.8 Å². The maximum absolute atomic E-state index is 13.5. The van der Waals surface area contributed by atoms with Crippen LogP contribution in [0.2, 0.25) is 0 Å². The van der Waals surface area contributed by atoms with Gasteiger partial charge in [-0.2, -0.15) is 0 Å². The van der Waals surface area contributed by atoms with Gasteiger partial charge in [0.05, 0.1) is 19.3 Å². The SMILES string of the molecule is CN(C)C1CCN(C(=O)C(Cc2ccccc2)NCc2ccc(N3CCOCC3)cc2)CC1. The molecule has 2 aliphatic heterocycles. The number of benzene rings is 2.